The molecule has 2 atom stereocenters. The molecular weight excluding hydrogens is 432 g/mol. The lowest BCUT2D eigenvalue weighted by molar-refractivity contribution is -0.138. The maximum Gasteiger partial charge on any atom is 0.407 e. The first kappa shape index (κ1) is 25.3. The highest BCUT2D eigenvalue weighted by atomic mass is 16.5. The Balaban J connectivity index is 1.59. The number of fused-ring (bicyclic) bond motifs is 3. The number of hydrogen-bond donors (Lipinski definition) is 3. The second-order valence-electron chi connectivity index (χ2n) is 9.54. The minimum Gasteiger partial charge on any atom is -0.481 e. The number of rotatable bonds is 10. The zero-order chi connectivity index (χ0) is 24.8. The molecule has 0 bridgehead atoms. The lowest BCUT2D eigenvalue weighted by Crippen LogP contribution is -2.46. The molecule has 34 heavy (non-hydrogen) atoms. The van der Waals surface area contributed by atoms with Gasteiger partial charge in [0.05, 0.1) is 6.42 Å². The second kappa shape index (κ2) is 11.2. The number of amides is 2. The molecule has 0 radical (unpaired) electrons. The van der Waals surface area contributed by atoms with Gasteiger partial charge in [0.15, 0.2) is 0 Å². The summed E-state index contributed by atoms with van der Waals surface area (Å²) >= 11 is 0. The Bertz CT molecular complexity index is 988. The molecule has 7 nitrogen and oxygen atoms in total. The quantitative estimate of drug-likeness (QED) is 0.476. The Kier molecular flexibility index (Phi) is 8.31. The molecule has 0 saturated carbocycles. The molecule has 182 valence electrons. The monoisotopic (exact) mass is 466 g/mol. The van der Waals surface area contributed by atoms with E-state index in [2.05, 4.69) is 34.9 Å². The molecule has 1 aliphatic rings. The van der Waals surface area contributed by atoms with Gasteiger partial charge in [-0.05, 0) is 34.1 Å². The molecule has 0 fully saturated rings. The summed E-state index contributed by atoms with van der Waals surface area (Å²) in [5.74, 6) is -1.33. The summed E-state index contributed by atoms with van der Waals surface area (Å²) in [6, 6.07) is 15.4. The van der Waals surface area contributed by atoms with Crippen molar-refractivity contribution in [3.63, 3.8) is 0 Å². The van der Waals surface area contributed by atoms with E-state index in [1.165, 1.54) is 0 Å². The van der Waals surface area contributed by atoms with Gasteiger partial charge in [0.2, 0.25) is 5.91 Å². The van der Waals surface area contributed by atoms with Gasteiger partial charge in [-0.1, -0.05) is 76.2 Å². The van der Waals surface area contributed by atoms with Gasteiger partial charge >= 0.3 is 12.1 Å². The third-order valence-corrected chi connectivity index (χ3v) is 6.40. The fourth-order valence-corrected chi connectivity index (χ4v) is 4.35. The topological polar surface area (TPSA) is 105 Å². The van der Waals surface area contributed by atoms with E-state index in [0.29, 0.717) is 0 Å². The Morgan fingerprint density at radius 3 is 1.82 bits per heavy atom. The van der Waals surface area contributed by atoms with Crippen molar-refractivity contribution in [1.29, 1.82) is 0 Å². The normalized spacial score (nSPS) is 14.3. The molecule has 2 aromatic rings. The van der Waals surface area contributed by atoms with Gasteiger partial charge in [-0.25, -0.2) is 4.79 Å². The summed E-state index contributed by atoms with van der Waals surface area (Å²) in [5, 5.41) is 14.7. The van der Waals surface area contributed by atoms with Crippen LogP contribution in [0.4, 0.5) is 4.79 Å². The number of carboxylic acids is 1. The van der Waals surface area contributed by atoms with Crippen LogP contribution in [0.1, 0.15) is 57.6 Å². The van der Waals surface area contributed by atoms with Crippen molar-refractivity contribution in [2.75, 3.05) is 6.61 Å². The van der Waals surface area contributed by atoms with Gasteiger partial charge in [-0.15, -0.1) is 0 Å². The third-order valence-electron chi connectivity index (χ3n) is 6.40. The second-order valence-corrected chi connectivity index (χ2v) is 9.54. The van der Waals surface area contributed by atoms with Gasteiger partial charge in [0, 0.05) is 24.4 Å². The predicted molar refractivity (Wildman–Crippen MR) is 130 cm³/mol. The third kappa shape index (κ3) is 6.16. The summed E-state index contributed by atoms with van der Waals surface area (Å²) < 4.78 is 5.61. The Morgan fingerprint density at radius 1 is 0.824 bits per heavy atom. The molecule has 3 N–H and O–H groups in total. The largest absolute Gasteiger partial charge is 0.481 e. The fraction of sp³-hybridized carbons (Fsp3) is 0.444. The number of nitrogens with one attached hydrogen (secondary N) is 2. The number of hydrogen-bond acceptors (Lipinski definition) is 4. The van der Waals surface area contributed by atoms with Crippen LogP contribution >= 0.6 is 0 Å². The average Bonchev–Trinajstić information content (AvgIpc) is 3.10. The number of carbonyl (C=O) groups is 3. The summed E-state index contributed by atoms with van der Waals surface area (Å²) in [6.07, 6.45) is -0.667. The number of alkyl carbamates (subject to hydrolysis) is 1. The predicted octanol–water partition coefficient (Wildman–Crippen LogP) is 4.56. The molecule has 1 unspecified atom stereocenters. The van der Waals surface area contributed by atoms with Crippen LogP contribution in [0.3, 0.4) is 0 Å². The van der Waals surface area contributed by atoms with E-state index in [9.17, 15) is 14.4 Å². The number of carboxylic acid groups (broad SMARTS) is 1. The van der Waals surface area contributed by atoms with Crippen molar-refractivity contribution < 1.29 is 24.2 Å². The zero-order valence-corrected chi connectivity index (χ0v) is 20.2. The van der Waals surface area contributed by atoms with E-state index in [1.807, 2.05) is 52.0 Å². The first-order valence-corrected chi connectivity index (χ1v) is 11.8. The van der Waals surface area contributed by atoms with Crippen LogP contribution in [0.25, 0.3) is 11.1 Å². The van der Waals surface area contributed by atoms with E-state index in [1.54, 1.807) is 0 Å². The Hall–Kier alpha value is -3.35. The minimum absolute atomic E-state index is 0.0109. The van der Waals surface area contributed by atoms with Gasteiger partial charge < -0.3 is 20.5 Å². The Morgan fingerprint density at radius 2 is 1.32 bits per heavy atom. The summed E-state index contributed by atoms with van der Waals surface area (Å²) in [6.45, 7) is 7.76. The number of carbonyl (C=O) groups excluding carboxylic acids is 2. The lowest BCUT2D eigenvalue weighted by Gasteiger charge is -2.25. The maximum atomic E-state index is 12.7. The van der Waals surface area contributed by atoms with Crippen molar-refractivity contribution in [2.45, 2.75) is 58.5 Å². The summed E-state index contributed by atoms with van der Waals surface area (Å²) in [7, 11) is 0. The van der Waals surface area contributed by atoms with Crippen LogP contribution in [-0.4, -0.2) is 41.8 Å². The molecule has 0 spiro atoms. The lowest BCUT2D eigenvalue weighted by atomic mass is 9.98. The van der Waals surface area contributed by atoms with Crippen LogP contribution in [0, 0.1) is 11.8 Å². The molecule has 0 aromatic heterocycles. The highest BCUT2D eigenvalue weighted by Gasteiger charge is 2.30. The number of benzene rings is 2. The average molecular weight is 467 g/mol. The molecule has 3 rings (SSSR count). The Labute approximate surface area is 200 Å². The standard InChI is InChI=1S/C27H34N2O5/c1-16(2)23(13-25(30)28-24(17(3)4)14-26(31)32)29-27(33)34-15-22-20-11-7-5-9-18(20)19-10-6-8-12-21(19)22/h5-12,16-17,22-24H,13-15H2,1-4H3,(H,28,30)(H,29,33)(H,31,32)/t23-,24?/m1/s1. The smallest absolute Gasteiger partial charge is 0.407 e. The molecule has 1 aliphatic carbocycles. The minimum atomic E-state index is -0.962. The van der Waals surface area contributed by atoms with Gasteiger partial charge in [-0.3, -0.25) is 9.59 Å². The van der Waals surface area contributed by atoms with Crippen LogP contribution in [0.5, 0.6) is 0 Å². The van der Waals surface area contributed by atoms with E-state index < -0.39 is 24.1 Å². The highest BCUT2D eigenvalue weighted by Crippen LogP contribution is 2.44. The van der Waals surface area contributed by atoms with E-state index in [0.717, 1.165) is 22.3 Å². The van der Waals surface area contributed by atoms with Crippen molar-refractivity contribution in [2.24, 2.45) is 11.8 Å². The maximum absolute atomic E-state index is 12.7. The number of aliphatic carboxylic acids is 1. The van der Waals surface area contributed by atoms with E-state index >= 15 is 0 Å². The van der Waals surface area contributed by atoms with Crippen LogP contribution in [0.2, 0.25) is 0 Å². The van der Waals surface area contributed by atoms with E-state index in [-0.39, 0.29) is 43.1 Å². The van der Waals surface area contributed by atoms with Gasteiger partial charge in [0.25, 0.3) is 0 Å². The zero-order valence-electron chi connectivity index (χ0n) is 20.2. The highest BCUT2D eigenvalue weighted by molar-refractivity contribution is 5.80. The van der Waals surface area contributed by atoms with Crippen LogP contribution < -0.4 is 10.6 Å². The van der Waals surface area contributed by atoms with Crippen molar-refractivity contribution >= 4 is 18.0 Å². The van der Waals surface area contributed by atoms with Crippen LogP contribution in [-0.2, 0) is 14.3 Å². The van der Waals surface area contributed by atoms with Crippen molar-refractivity contribution in [3.8, 4) is 11.1 Å². The van der Waals surface area contributed by atoms with Crippen molar-refractivity contribution in [1.82, 2.24) is 10.6 Å². The molecule has 0 heterocycles. The molecule has 0 aliphatic heterocycles. The van der Waals surface area contributed by atoms with Crippen LogP contribution in [0.15, 0.2) is 48.5 Å². The first-order valence-electron chi connectivity index (χ1n) is 11.8. The summed E-state index contributed by atoms with van der Waals surface area (Å²) in [5.41, 5.74) is 4.58. The molecular formula is C27H34N2O5. The van der Waals surface area contributed by atoms with Gasteiger partial charge in [-0.2, -0.15) is 0 Å². The molecule has 2 aromatic carbocycles. The summed E-state index contributed by atoms with van der Waals surface area (Å²) in [4.78, 5) is 36.3. The van der Waals surface area contributed by atoms with Gasteiger partial charge in [0.1, 0.15) is 6.61 Å². The fourth-order valence-electron chi connectivity index (χ4n) is 4.35. The SMILES string of the molecule is CC(C)C(CC(=O)O)NC(=O)C[C@@H](NC(=O)OCC1c2ccccc2-c2ccccc21)C(C)C. The first-order chi connectivity index (χ1) is 16.2. The molecule has 0 saturated heterocycles. The van der Waals surface area contributed by atoms with E-state index in [4.69, 9.17) is 9.84 Å². The molecule has 2 amide bonds. The number of ether oxygens (including phenoxy) is 1. The molecule has 7 heteroatoms. The van der Waals surface area contributed by atoms with Crippen molar-refractivity contribution in [3.05, 3.63) is 59.7 Å².